The van der Waals surface area contributed by atoms with Gasteiger partial charge in [0.15, 0.2) is 0 Å². The third-order valence-corrected chi connectivity index (χ3v) is 4.70. The van der Waals surface area contributed by atoms with Crippen LogP contribution in [0.1, 0.15) is 24.4 Å². The SMILES string of the molecule is O=C(Nc1cc(Cl)cc2c1OCC2)N1CCC[C@@H](n2cncn2)C1. The fourth-order valence-corrected chi connectivity index (χ4v) is 3.56. The lowest BCUT2D eigenvalue weighted by atomic mass is 10.1. The van der Waals surface area contributed by atoms with Crippen LogP contribution >= 0.6 is 11.6 Å². The number of amides is 2. The smallest absolute Gasteiger partial charge is 0.322 e. The van der Waals surface area contributed by atoms with Gasteiger partial charge in [-0.05, 0) is 25.0 Å². The zero-order chi connectivity index (χ0) is 16.5. The van der Waals surface area contributed by atoms with E-state index in [1.165, 1.54) is 6.33 Å². The summed E-state index contributed by atoms with van der Waals surface area (Å²) in [5.41, 5.74) is 1.68. The minimum atomic E-state index is -0.139. The van der Waals surface area contributed by atoms with Crippen molar-refractivity contribution in [1.82, 2.24) is 19.7 Å². The number of urea groups is 1. The van der Waals surface area contributed by atoms with E-state index in [1.807, 2.05) is 10.7 Å². The molecule has 4 rings (SSSR count). The van der Waals surface area contributed by atoms with Gasteiger partial charge in [0, 0.05) is 30.1 Å². The molecular weight excluding hydrogens is 330 g/mol. The number of hydrogen-bond acceptors (Lipinski definition) is 4. The Labute approximate surface area is 144 Å². The van der Waals surface area contributed by atoms with Crippen molar-refractivity contribution < 1.29 is 9.53 Å². The summed E-state index contributed by atoms with van der Waals surface area (Å²) < 4.78 is 7.46. The number of hydrogen-bond donors (Lipinski definition) is 1. The normalized spacial score (nSPS) is 19.7. The highest BCUT2D eigenvalue weighted by Crippen LogP contribution is 2.37. The molecule has 1 atom stereocenters. The van der Waals surface area contributed by atoms with Crippen LogP contribution in [0.15, 0.2) is 24.8 Å². The Morgan fingerprint density at radius 2 is 2.33 bits per heavy atom. The zero-order valence-corrected chi connectivity index (χ0v) is 13.9. The molecule has 0 spiro atoms. The zero-order valence-electron chi connectivity index (χ0n) is 13.1. The van der Waals surface area contributed by atoms with E-state index in [1.54, 1.807) is 17.3 Å². The van der Waals surface area contributed by atoms with Gasteiger partial charge < -0.3 is 15.0 Å². The molecule has 1 fully saturated rings. The first-order chi connectivity index (χ1) is 11.7. The Morgan fingerprint density at radius 3 is 3.17 bits per heavy atom. The summed E-state index contributed by atoms with van der Waals surface area (Å²) in [6, 6.07) is 3.65. The number of piperidine rings is 1. The molecule has 0 aliphatic carbocycles. The standard InChI is InChI=1S/C16H18ClN5O2/c17-12-6-11-3-5-24-15(11)14(7-12)20-16(23)21-4-1-2-13(8-21)22-10-18-9-19-22/h6-7,9-10,13H,1-5,8H2,(H,20,23)/t13-/m1/s1. The summed E-state index contributed by atoms with van der Waals surface area (Å²) in [6.45, 7) is 1.95. The predicted molar refractivity (Wildman–Crippen MR) is 89.5 cm³/mol. The number of halogens is 1. The van der Waals surface area contributed by atoms with Crippen molar-refractivity contribution in [2.45, 2.75) is 25.3 Å². The highest BCUT2D eigenvalue weighted by Gasteiger charge is 2.27. The first-order valence-electron chi connectivity index (χ1n) is 8.06. The van der Waals surface area contributed by atoms with Gasteiger partial charge in [-0.3, -0.25) is 0 Å². The number of likely N-dealkylation sites (tertiary alicyclic amines) is 1. The third-order valence-electron chi connectivity index (χ3n) is 4.48. The molecule has 0 saturated carbocycles. The first-order valence-corrected chi connectivity index (χ1v) is 8.44. The predicted octanol–water partition coefficient (Wildman–Crippen LogP) is 2.74. The number of benzene rings is 1. The Kier molecular flexibility index (Phi) is 4.02. The fourth-order valence-electron chi connectivity index (χ4n) is 3.32. The van der Waals surface area contributed by atoms with Crippen LogP contribution in [0, 0.1) is 0 Å². The topological polar surface area (TPSA) is 72.3 Å². The lowest BCUT2D eigenvalue weighted by Crippen LogP contribution is -2.43. The van der Waals surface area contributed by atoms with E-state index in [2.05, 4.69) is 15.4 Å². The molecule has 2 amide bonds. The van der Waals surface area contributed by atoms with Gasteiger partial charge in [0.05, 0.1) is 18.3 Å². The molecule has 0 unspecified atom stereocenters. The molecule has 1 N–H and O–H groups in total. The summed E-state index contributed by atoms with van der Waals surface area (Å²) in [6.07, 6.45) is 5.96. The number of rotatable bonds is 2. The molecule has 2 aliphatic rings. The van der Waals surface area contributed by atoms with Crippen LogP contribution < -0.4 is 10.1 Å². The Morgan fingerprint density at radius 1 is 1.42 bits per heavy atom. The van der Waals surface area contributed by atoms with Crippen LogP contribution in [0.3, 0.4) is 0 Å². The Bertz CT molecular complexity index is 749. The molecule has 2 aliphatic heterocycles. The number of aromatic nitrogens is 3. The van der Waals surface area contributed by atoms with Crippen LogP contribution in [0.2, 0.25) is 5.02 Å². The first kappa shape index (κ1) is 15.3. The van der Waals surface area contributed by atoms with Crippen molar-refractivity contribution in [3.63, 3.8) is 0 Å². The van der Waals surface area contributed by atoms with E-state index in [0.29, 0.717) is 23.9 Å². The highest BCUT2D eigenvalue weighted by atomic mass is 35.5. The lowest BCUT2D eigenvalue weighted by Gasteiger charge is -2.32. The molecule has 0 bridgehead atoms. The number of nitrogens with one attached hydrogen (secondary N) is 1. The van der Waals surface area contributed by atoms with E-state index in [0.717, 1.165) is 37.1 Å². The average Bonchev–Trinajstić information content (AvgIpc) is 3.26. The van der Waals surface area contributed by atoms with Crippen molar-refractivity contribution in [3.8, 4) is 5.75 Å². The average molecular weight is 348 g/mol. The molecule has 0 radical (unpaired) electrons. The van der Waals surface area contributed by atoms with Crippen molar-refractivity contribution in [3.05, 3.63) is 35.4 Å². The molecule has 7 nitrogen and oxygen atoms in total. The number of carbonyl (C=O) groups excluding carboxylic acids is 1. The van der Waals surface area contributed by atoms with Crippen molar-refractivity contribution in [2.75, 3.05) is 25.0 Å². The minimum Gasteiger partial charge on any atom is -0.491 e. The summed E-state index contributed by atoms with van der Waals surface area (Å²) in [7, 11) is 0. The quantitative estimate of drug-likeness (QED) is 0.906. The Balaban J connectivity index is 1.48. The van der Waals surface area contributed by atoms with Gasteiger partial charge in [-0.1, -0.05) is 11.6 Å². The minimum absolute atomic E-state index is 0.139. The maximum absolute atomic E-state index is 12.7. The van der Waals surface area contributed by atoms with Gasteiger partial charge in [-0.2, -0.15) is 5.10 Å². The molecular formula is C16H18ClN5O2. The van der Waals surface area contributed by atoms with Crippen LogP contribution in [0.5, 0.6) is 5.75 Å². The maximum atomic E-state index is 12.7. The van der Waals surface area contributed by atoms with Gasteiger partial charge in [-0.25, -0.2) is 14.5 Å². The van der Waals surface area contributed by atoms with E-state index >= 15 is 0 Å². The number of anilines is 1. The molecule has 1 aromatic carbocycles. The molecule has 24 heavy (non-hydrogen) atoms. The number of nitrogens with zero attached hydrogens (tertiary/aromatic N) is 4. The van der Waals surface area contributed by atoms with Crippen molar-refractivity contribution in [2.24, 2.45) is 0 Å². The largest absolute Gasteiger partial charge is 0.491 e. The summed E-state index contributed by atoms with van der Waals surface area (Å²) in [5, 5.41) is 7.74. The Hall–Kier alpha value is -2.28. The number of carbonyl (C=O) groups is 1. The molecule has 126 valence electrons. The molecule has 8 heteroatoms. The van der Waals surface area contributed by atoms with Crippen LogP contribution in [-0.2, 0) is 6.42 Å². The van der Waals surface area contributed by atoms with E-state index in [9.17, 15) is 4.79 Å². The summed E-state index contributed by atoms with van der Waals surface area (Å²) in [4.78, 5) is 18.5. The lowest BCUT2D eigenvalue weighted by molar-refractivity contribution is 0.174. The van der Waals surface area contributed by atoms with Gasteiger partial charge in [0.25, 0.3) is 0 Å². The third kappa shape index (κ3) is 2.91. The highest BCUT2D eigenvalue weighted by molar-refractivity contribution is 6.31. The van der Waals surface area contributed by atoms with Gasteiger partial charge >= 0.3 is 6.03 Å². The second-order valence-corrected chi connectivity index (χ2v) is 6.52. The second-order valence-electron chi connectivity index (χ2n) is 6.09. The van der Waals surface area contributed by atoms with Crippen molar-refractivity contribution >= 4 is 23.3 Å². The van der Waals surface area contributed by atoms with E-state index in [-0.39, 0.29) is 12.1 Å². The van der Waals surface area contributed by atoms with Crippen LogP contribution in [0.25, 0.3) is 0 Å². The summed E-state index contributed by atoms with van der Waals surface area (Å²) in [5.74, 6) is 0.734. The molecule has 2 aromatic rings. The van der Waals surface area contributed by atoms with Crippen LogP contribution in [0.4, 0.5) is 10.5 Å². The molecule has 1 aromatic heterocycles. The summed E-state index contributed by atoms with van der Waals surface area (Å²) >= 11 is 6.15. The van der Waals surface area contributed by atoms with Crippen molar-refractivity contribution in [1.29, 1.82) is 0 Å². The van der Waals surface area contributed by atoms with Gasteiger partial charge in [0.1, 0.15) is 18.4 Å². The molecule has 1 saturated heterocycles. The van der Waals surface area contributed by atoms with E-state index in [4.69, 9.17) is 16.3 Å². The fraction of sp³-hybridized carbons (Fsp3) is 0.438. The number of ether oxygens (including phenoxy) is 1. The van der Waals surface area contributed by atoms with E-state index < -0.39 is 0 Å². The maximum Gasteiger partial charge on any atom is 0.322 e. The van der Waals surface area contributed by atoms with Crippen LogP contribution in [-0.4, -0.2) is 45.4 Å². The number of fused-ring (bicyclic) bond motifs is 1. The second kappa shape index (κ2) is 6.32. The van der Waals surface area contributed by atoms with Gasteiger partial charge in [-0.15, -0.1) is 0 Å². The van der Waals surface area contributed by atoms with Gasteiger partial charge in [0.2, 0.25) is 0 Å². The molecule has 3 heterocycles. The monoisotopic (exact) mass is 347 g/mol.